The normalized spacial score (nSPS) is 15.7. The van der Waals surface area contributed by atoms with Gasteiger partial charge >= 0.3 is 0 Å². The number of furan rings is 1. The van der Waals surface area contributed by atoms with Crippen LogP contribution in [0.3, 0.4) is 0 Å². The van der Waals surface area contributed by atoms with Crippen LogP contribution < -0.4 is 4.74 Å². The van der Waals surface area contributed by atoms with Crippen molar-refractivity contribution in [3.8, 4) is 5.75 Å². The highest BCUT2D eigenvalue weighted by Crippen LogP contribution is 2.29. The number of methoxy groups -OCH3 is 1. The molecule has 1 aliphatic rings. The second-order valence-corrected chi connectivity index (χ2v) is 9.86. The molecule has 1 unspecified atom stereocenters. The highest BCUT2D eigenvalue weighted by atomic mass is 32.2. The van der Waals surface area contributed by atoms with E-state index in [-0.39, 0.29) is 11.9 Å². The van der Waals surface area contributed by atoms with Crippen molar-refractivity contribution in [1.29, 1.82) is 0 Å². The van der Waals surface area contributed by atoms with Crippen molar-refractivity contribution in [1.82, 2.24) is 9.80 Å². The minimum Gasteiger partial charge on any atom is -0.497 e. The Balaban J connectivity index is 1.45. The summed E-state index contributed by atoms with van der Waals surface area (Å²) in [5.74, 6) is 1.60. The predicted molar refractivity (Wildman–Crippen MR) is 138 cm³/mol. The number of hydrogen-bond donors (Lipinski definition) is 0. The van der Waals surface area contributed by atoms with E-state index in [1.807, 2.05) is 24.1 Å². The monoisotopic (exact) mass is 478 g/mol. The summed E-state index contributed by atoms with van der Waals surface area (Å²) >= 11 is 1.77. The Morgan fingerprint density at radius 3 is 2.53 bits per heavy atom. The van der Waals surface area contributed by atoms with E-state index in [9.17, 15) is 4.79 Å². The molecular formula is C28H34N2O3S. The molecule has 2 heterocycles. The van der Waals surface area contributed by atoms with Crippen LogP contribution in [0.15, 0.2) is 76.2 Å². The van der Waals surface area contributed by atoms with Crippen molar-refractivity contribution >= 4 is 17.7 Å². The van der Waals surface area contributed by atoms with E-state index in [4.69, 9.17) is 9.15 Å². The lowest BCUT2D eigenvalue weighted by atomic mass is 9.84. The van der Waals surface area contributed by atoms with Gasteiger partial charge in [0, 0.05) is 24.5 Å². The van der Waals surface area contributed by atoms with Crippen molar-refractivity contribution in [3.05, 3.63) is 83.8 Å². The summed E-state index contributed by atoms with van der Waals surface area (Å²) in [7, 11) is 3.60. The van der Waals surface area contributed by atoms with Crippen molar-refractivity contribution in [3.63, 3.8) is 0 Å². The molecule has 1 amide bonds. The molecular weight excluding hydrogens is 444 g/mol. The molecule has 1 aliphatic heterocycles. The Labute approximate surface area is 207 Å². The van der Waals surface area contributed by atoms with E-state index >= 15 is 0 Å². The van der Waals surface area contributed by atoms with Gasteiger partial charge in [0.05, 0.1) is 13.4 Å². The average Bonchev–Trinajstić information content (AvgIpc) is 3.43. The summed E-state index contributed by atoms with van der Waals surface area (Å²) in [6.45, 7) is 3.04. The van der Waals surface area contributed by atoms with Crippen LogP contribution in [0, 0.1) is 5.92 Å². The molecule has 0 bridgehead atoms. The number of amides is 1. The number of likely N-dealkylation sites (N-methyl/N-ethyl adjacent to an activating group) is 1. The van der Waals surface area contributed by atoms with Crippen molar-refractivity contribution in [2.24, 2.45) is 5.92 Å². The molecule has 34 heavy (non-hydrogen) atoms. The van der Waals surface area contributed by atoms with E-state index in [2.05, 4.69) is 47.6 Å². The number of benzene rings is 2. The van der Waals surface area contributed by atoms with Crippen LogP contribution >= 0.6 is 11.8 Å². The van der Waals surface area contributed by atoms with Gasteiger partial charge in [-0.2, -0.15) is 0 Å². The Kier molecular flexibility index (Phi) is 8.35. The Bertz CT molecular complexity index is 1040. The van der Waals surface area contributed by atoms with Crippen molar-refractivity contribution in [2.45, 2.75) is 36.7 Å². The fourth-order valence-corrected chi connectivity index (χ4v) is 5.28. The maximum Gasteiger partial charge on any atom is 0.289 e. The van der Waals surface area contributed by atoms with E-state index in [1.165, 1.54) is 16.0 Å². The lowest BCUT2D eigenvalue weighted by Crippen LogP contribution is -2.47. The quantitative estimate of drug-likeness (QED) is 0.374. The minimum absolute atomic E-state index is 0.0609. The molecule has 2 aromatic carbocycles. The number of likely N-dealkylation sites (tertiary alicyclic amines) is 1. The first-order valence-corrected chi connectivity index (χ1v) is 13.1. The third-order valence-electron chi connectivity index (χ3n) is 6.87. The SMILES string of the molecule is COc1cccc(CC(C2CCN(Cc3ccc(SC)cc3)CC2)N(C)C(=O)c2ccco2)c1. The topological polar surface area (TPSA) is 45.9 Å². The number of nitrogens with zero attached hydrogens (tertiary/aromatic N) is 2. The van der Waals surface area contributed by atoms with E-state index < -0.39 is 0 Å². The smallest absolute Gasteiger partial charge is 0.289 e. The summed E-state index contributed by atoms with van der Waals surface area (Å²) in [5, 5.41) is 0. The van der Waals surface area contributed by atoms with Crippen LogP contribution in [0.25, 0.3) is 0 Å². The Morgan fingerprint density at radius 1 is 1.12 bits per heavy atom. The van der Waals surface area contributed by atoms with Gasteiger partial charge in [0.2, 0.25) is 0 Å². The molecule has 0 aliphatic carbocycles. The van der Waals surface area contributed by atoms with E-state index in [1.54, 1.807) is 37.3 Å². The first-order chi connectivity index (χ1) is 16.6. The van der Waals surface area contributed by atoms with Crippen molar-refractivity contribution < 1.29 is 13.9 Å². The molecule has 1 saturated heterocycles. The van der Waals surface area contributed by atoms with Crippen LogP contribution in [0.4, 0.5) is 0 Å². The first-order valence-electron chi connectivity index (χ1n) is 11.9. The number of piperidine rings is 1. The Hall–Kier alpha value is -2.70. The van der Waals surface area contributed by atoms with Gasteiger partial charge in [0.25, 0.3) is 5.91 Å². The summed E-state index contributed by atoms with van der Waals surface area (Å²) in [5.41, 5.74) is 2.54. The van der Waals surface area contributed by atoms with Crippen LogP contribution in [0.5, 0.6) is 5.75 Å². The second-order valence-electron chi connectivity index (χ2n) is 8.98. The van der Waals surface area contributed by atoms with Gasteiger partial charge in [-0.3, -0.25) is 9.69 Å². The van der Waals surface area contributed by atoms with Crippen LogP contribution in [-0.2, 0) is 13.0 Å². The van der Waals surface area contributed by atoms with E-state index in [0.29, 0.717) is 11.7 Å². The Morgan fingerprint density at radius 2 is 1.88 bits per heavy atom. The van der Waals surface area contributed by atoms with Gasteiger partial charge < -0.3 is 14.1 Å². The van der Waals surface area contributed by atoms with Gasteiger partial charge in [0.1, 0.15) is 5.75 Å². The molecule has 0 radical (unpaired) electrons. The largest absolute Gasteiger partial charge is 0.497 e. The lowest BCUT2D eigenvalue weighted by molar-refractivity contribution is 0.0556. The number of ether oxygens (including phenoxy) is 1. The molecule has 3 aromatic rings. The molecule has 1 atom stereocenters. The van der Waals surface area contributed by atoms with Gasteiger partial charge in [-0.25, -0.2) is 0 Å². The van der Waals surface area contributed by atoms with Crippen molar-refractivity contribution in [2.75, 3.05) is 33.5 Å². The van der Waals surface area contributed by atoms with Gasteiger partial charge in [-0.1, -0.05) is 24.3 Å². The summed E-state index contributed by atoms with van der Waals surface area (Å²) in [6, 6.07) is 20.6. The lowest BCUT2D eigenvalue weighted by Gasteiger charge is -2.40. The molecule has 0 spiro atoms. The first kappa shape index (κ1) is 24.4. The number of rotatable bonds is 9. The molecule has 5 nitrogen and oxygen atoms in total. The number of hydrogen-bond acceptors (Lipinski definition) is 5. The number of thioether (sulfide) groups is 1. The molecule has 180 valence electrons. The summed E-state index contributed by atoms with van der Waals surface area (Å²) in [6.07, 6.45) is 6.58. The third kappa shape index (κ3) is 6.05. The fourth-order valence-electron chi connectivity index (χ4n) is 4.87. The van der Waals surface area contributed by atoms with Crippen LogP contribution in [0.1, 0.15) is 34.5 Å². The highest BCUT2D eigenvalue weighted by Gasteiger charge is 2.32. The zero-order valence-electron chi connectivity index (χ0n) is 20.3. The molecule has 1 aromatic heterocycles. The molecule has 4 rings (SSSR count). The van der Waals surface area contributed by atoms with Crippen LogP contribution in [-0.4, -0.2) is 55.3 Å². The standard InChI is InChI=1S/C28H34N2O3S/c1-29(28(31)27-8-5-17-33-27)26(19-22-6-4-7-24(18-22)32-2)23-13-15-30(16-14-23)20-21-9-11-25(34-3)12-10-21/h4-12,17-18,23,26H,13-16,19-20H2,1-3H3. The zero-order valence-corrected chi connectivity index (χ0v) is 21.1. The maximum atomic E-state index is 13.2. The second kappa shape index (κ2) is 11.6. The minimum atomic E-state index is -0.0609. The number of carbonyl (C=O) groups is 1. The molecule has 6 heteroatoms. The molecule has 0 N–H and O–H groups in total. The molecule has 0 saturated carbocycles. The predicted octanol–water partition coefficient (Wildman–Crippen LogP) is 5.61. The highest BCUT2D eigenvalue weighted by molar-refractivity contribution is 7.98. The fraction of sp³-hybridized carbons (Fsp3) is 0.393. The maximum absolute atomic E-state index is 13.2. The number of carbonyl (C=O) groups excluding carboxylic acids is 1. The van der Waals surface area contributed by atoms with Gasteiger partial charge in [0.15, 0.2) is 5.76 Å². The average molecular weight is 479 g/mol. The molecule has 1 fully saturated rings. The summed E-state index contributed by atoms with van der Waals surface area (Å²) in [4.78, 5) is 18.9. The van der Waals surface area contributed by atoms with Gasteiger partial charge in [-0.15, -0.1) is 11.8 Å². The summed E-state index contributed by atoms with van der Waals surface area (Å²) < 4.78 is 10.8. The van der Waals surface area contributed by atoms with E-state index in [0.717, 1.165) is 44.6 Å². The van der Waals surface area contributed by atoms with Gasteiger partial charge in [-0.05, 0) is 92.1 Å². The third-order valence-corrected chi connectivity index (χ3v) is 7.61. The zero-order chi connectivity index (χ0) is 23.9. The van der Waals surface area contributed by atoms with Crippen LogP contribution in [0.2, 0.25) is 0 Å².